The topological polar surface area (TPSA) is 84.3 Å². The largest absolute Gasteiger partial charge is 0.340 e. The predicted molar refractivity (Wildman–Crippen MR) is 84.1 cm³/mol. The average molecular weight is 328 g/mol. The predicted octanol–water partition coefficient (Wildman–Crippen LogP) is -0.105. The Morgan fingerprint density at radius 1 is 1.50 bits per heavy atom. The Bertz CT molecular complexity index is 600. The van der Waals surface area contributed by atoms with E-state index in [1.54, 1.807) is 18.1 Å². The summed E-state index contributed by atoms with van der Waals surface area (Å²) >= 11 is 0. The van der Waals surface area contributed by atoms with E-state index in [9.17, 15) is 13.2 Å². The smallest absolute Gasteiger partial charge is 0.239 e. The van der Waals surface area contributed by atoms with Crippen LogP contribution in [0.4, 0.5) is 0 Å². The van der Waals surface area contributed by atoms with Crippen molar-refractivity contribution in [1.29, 1.82) is 0 Å². The summed E-state index contributed by atoms with van der Waals surface area (Å²) in [5.74, 6) is 0.173. The summed E-state index contributed by atoms with van der Waals surface area (Å²) in [6.45, 7) is 4.47. The van der Waals surface area contributed by atoms with Crippen molar-refractivity contribution >= 4 is 15.7 Å². The van der Waals surface area contributed by atoms with Crippen LogP contribution in [0.3, 0.4) is 0 Å². The molecule has 1 aliphatic heterocycles. The lowest BCUT2D eigenvalue weighted by atomic mass is 10.2. The van der Waals surface area contributed by atoms with E-state index in [1.165, 1.54) is 0 Å². The molecule has 0 bridgehead atoms. The van der Waals surface area contributed by atoms with E-state index >= 15 is 0 Å². The van der Waals surface area contributed by atoms with Gasteiger partial charge in [0.05, 0.1) is 24.1 Å². The third kappa shape index (κ3) is 4.30. The lowest BCUT2D eigenvalue weighted by molar-refractivity contribution is -0.133. The number of rotatable bonds is 6. The molecule has 22 heavy (non-hydrogen) atoms. The van der Waals surface area contributed by atoms with Gasteiger partial charge in [-0.3, -0.25) is 9.48 Å². The molecule has 1 aromatic heterocycles. The van der Waals surface area contributed by atoms with Gasteiger partial charge >= 0.3 is 0 Å². The molecule has 0 aromatic carbocycles. The van der Waals surface area contributed by atoms with Gasteiger partial charge in [0.25, 0.3) is 0 Å². The fourth-order valence-corrected chi connectivity index (χ4v) is 4.58. The molecule has 0 unspecified atom stereocenters. The lowest BCUT2D eigenvalue weighted by Gasteiger charge is -2.28. The number of aromatic nitrogens is 2. The Morgan fingerprint density at radius 2 is 2.23 bits per heavy atom. The van der Waals surface area contributed by atoms with E-state index in [1.807, 2.05) is 30.8 Å². The van der Waals surface area contributed by atoms with E-state index in [-0.39, 0.29) is 35.5 Å². The normalized spacial score (nSPS) is 23.1. The summed E-state index contributed by atoms with van der Waals surface area (Å²) < 4.78 is 24.9. The summed E-state index contributed by atoms with van der Waals surface area (Å²) in [5, 5.41) is 7.38. The monoisotopic (exact) mass is 328 g/mol. The number of hydrogen-bond acceptors (Lipinski definition) is 5. The van der Waals surface area contributed by atoms with Crippen LogP contribution in [0.15, 0.2) is 18.5 Å². The highest BCUT2D eigenvalue weighted by atomic mass is 32.2. The van der Waals surface area contributed by atoms with Crippen LogP contribution in [0, 0.1) is 0 Å². The van der Waals surface area contributed by atoms with Crippen LogP contribution in [-0.2, 0) is 21.2 Å². The highest BCUT2D eigenvalue weighted by Gasteiger charge is 2.34. The molecule has 0 saturated carbocycles. The van der Waals surface area contributed by atoms with Crippen LogP contribution in [0.2, 0.25) is 0 Å². The zero-order chi connectivity index (χ0) is 16.3. The number of nitrogens with one attached hydrogen (secondary N) is 1. The Balaban J connectivity index is 1.86. The van der Waals surface area contributed by atoms with E-state index in [4.69, 9.17) is 0 Å². The van der Waals surface area contributed by atoms with Gasteiger partial charge in [0.2, 0.25) is 5.91 Å². The van der Waals surface area contributed by atoms with Crippen LogP contribution in [0.1, 0.15) is 20.3 Å². The van der Waals surface area contributed by atoms with E-state index in [0.717, 1.165) is 0 Å². The molecular weight excluding hydrogens is 304 g/mol. The maximum Gasteiger partial charge on any atom is 0.239 e. The number of carbonyl (C=O) groups excluding carboxylic acids is 1. The molecule has 2 heterocycles. The Hall–Kier alpha value is -1.41. The summed E-state index contributed by atoms with van der Waals surface area (Å²) in [4.78, 5) is 14.0. The molecule has 1 aliphatic rings. The van der Waals surface area contributed by atoms with Gasteiger partial charge in [-0.1, -0.05) is 0 Å². The minimum atomic E-state index is -2.98. The Morgan fingerprint density at radius 3 is 2.77 bits per heavy atom. The van der Waals surface area contributed by atoms with Crippen molar-refractivity contribution in [3.05, 3.63) is 18.5 Å². The van der Waals surface area contributed by atoms with Crippen molar-refractivity contribution in [2.45, 2.75) is 44.9 Å². The maximum absolute atomic E-state index is 12.4. The fraction of sp³-hybridized carbons (Fsp3) is 0.714. The third-order valence-electron chi connectivity index (χ3n) is 4.03. The van der Waals surface area contributed by atoms with Crippen molar-refractivity contribution in [3.8, 4) is 0 Å². The molecule has 3 atom stereocenters. The first-order valence-electron chi connectivity index (χ1n) is 7.49. The number of likely N-dealkylation sites (N-methyl/N-ethyl adjacent to an activating group) is 1. The van der Waals surface area contributed by atoms with Crippen molar-refractivity contribution in [1.82, 2.24) is 20.0 Å². The molecule has 0 aliphatic carbocycles. The second-order valence-corrected chi connectivity index (χ2v) is 8.25. The first kappa shape index (κ1) is 17.0. The molecule has 1 fully saturated rings. The zero-order valence-corrected chi connectivity index (χ0v) is 14.1. The number of nitrogens with zero attached hydrogens (tertiary/aromatic N) is 3. The highest BCUT2D eigenvalue weighted by Crippen LogP contribution is 2.17. The average Bonchev–Trinajstić information content (AvgIpc) is 3.06. The molecule has 0 spiro atoms. The summed E-state index contributed by atoms with van der Waals surface area (Å²) in [6, 6.07) is 1.37. The number of amides is 1. The van der Waals surface area contributed by atoms with Crippen molar-refractivity contribution in [2.24, 2.45) is 0 Å². The standard InChI is InChI=1S/C14H24N4O3S/c1-11(9-18-7-4-6-15-18)16-12(2)14(19)17(3)13-5-8-22(20,21)10-13/h4,6-7,11-13,16H,5,8-10H2,1-3H3/t11-,12-,13+/m1/s1. The number of hydrogen-bond donors (Lipinski definition) is 1. The van der Waals surface area contributed by atoms with Crippen molar-refractivity contribution in [3.63, 3.8) is 0 Å². The maximum atomic E-state index is 12.4. The highest BCUT2D eigenvalue weighted by molar-refractivity contribution is 7.91. The molecule has 1 aromatic rings. The first-order valence-corrected chi connectivity index (χ1v) is 9.31. The minimum absolute atomic E-state index is 0.0742. The first-order chi connectivity index (χ1) is 10.3. The molecular formula is C14H24N4O3S. The van der Waals surface area contributed by atoms with Crippen molar-refractivity contribution in [2.75, 3.05) is 18.6 Å². The summed E-state index contributed by atoms with van der Waals surface area (Å²) in [6.07, 6.45) is 4.12. The van der Waals surface area contributed by atoms with Gasteiger partial charge in [0, 0.05) is 31.5 Å². The zero-order valence-electron chi connectivity index (χ0n) is 13.3. The second kappa shape index (κ2) is 6.78. The number of carbonyl (C=O) groups is 1. The quantitative estimate of drug-likeness (QED) is 0.788. The van der Waals surface area contributed by atoms with E-state index in [0.29, 0.717) is 13.0 Å². The number of sulfone groups is 1. The van der Waals surface area contributed by atoms with Crippen LogP contribution >= 0.6 is 0 Å². The summed E-state index contributed by atoms with van der Waals surface area (Å²) in [7, 11) is -1.30. The molecule has 0 radical (unpaired) electrons. The summed E-state index contributed by atoms with van der Waals surface area (Å²) in [5.41, 5.74) is 0. The molecule has 2 rings (SSSR count). The van der Waals surface area contributed by atoms with Gasteiger partial charge < -0.3 is 10.2 Å². The van der Waals surface area contributed by atoms with Crippen molar-refractivity contribution < 1.29 is 13.2 Å². The SMILES string of the molecule is C[C@H](Cn1cccn1)N[C@H](C)C(=O)N(C)[C@H]1CCS(=O)(=O)C1. The Labute approximate surface area is 131 Å². The molecule has 124 valence electrons. The second-order valence-electron chi connectivity index (χ2n) is 6.02. The molecule has 1 N–H and O–H groups in total. The fourth-order valence-electron chi connectivity index (χ4n) is 2.81. The molecule has 8 heteroatoms. The van der Waals surface area contributed by atoms with Crippen LogP contribution in [0.25, 0.3) is 0 Å². The van der Waals surface area contributed by atoms with Crippen LogP contribution in [-0.4, -0.2) is 65.7 Å². The minimum Gasteiger partial charge on any atom is -0.340 e. The van der Waals surface area contributed by atoms with Gasteiger partial charge in [-0.05, 0) is 26.3 Å². The Kier molecular flexibility index (Phi) is 5.23. The van der Waals surface area contributed by atoms with Crippen LogP contribution in [0.5, 0.6) is 0 Å². The van der Waals surface area contributed by atoms with Crippen LogP contribution < -0.4 is 5.32 Å². The molecule has 1 saturated heterocycles. The van der Waals surface area contributed by atoms with Gasteiger partial charge in [0.15, 0.2) is 9.84 Å². The molecule has 1 amide bonds. The van der Waals surface area contributed by atoms with Gasteiger partial charge in [0.1, 0.15) is 0 Å². The van der Waals surface area contributed by atoms with Gasteiger partial charge in [-0.15, -0.1) is 0 Å². The molecule has 7 nitrogen and oxygen atoms in total. The van der Waals surface area contributed by atoms with E-state index in [2.05, 4.69) is 10.4 Å². The van der Waals surface area contributed by atoms with Gasteiger partial charge in [-0.2, -0.15) is 5.10 Å². The van der Waals surface area contributed by atoms with Gasteiger partial charge in [-0.25, -0.2) is 8.42 Å². The van der Waals surface area contributed by atoms with E-state index < -0.39 is 9.84 Å². The lowest BCUT2D eigenvalue weighted by Crippen LogP contribution is -2.50. The third-order valence-corrected chi connectivity index (χ3v) is 5.78.